The Bertz CT molecular complexity index is 1320. The quantitative estimate of drug-likeness (QED) is 0.180. The topological polar surface area (TPSA) is 105 Å². The van der Waals surface area contributed by atoms with E-state index in [0.29, 0.717) is 54.5 Å². The fraction of sp³-hybridized carbons (Fsp3) is 0.296. The van der Waals surface area contributed by atoms with Gasteiger partial charge in [-0.25, -0.2) is 4.57 Å². The summed E-state index contributed by atoms with van der Waals surface area (Å²) in [7, 11) is 3.03. The van der Waals surface area contributed by atoms with Crippen molar-refractivity contribution in [2.45, 2.75) is 25.9 Å². The summed E-state index contributed by atoms with van der Waals surface area (Å²) in [6.07, 6.45) is 6.09. The third-order valence-electron chi connectivity index (χ3n) is 6.19. The van der Waals surface area contributed by atoms with E-state index in [4.69, 9.17) is 25.8 Å². The average molecular weight is 527 g/mol. The van der Waals surface area contributed by atoms with Crippen LogP contribution in [0, 0.1) is 0 Å². The Morgan fingerprint density at radius 1 is 1.11 bits per heavy atom. The number of halogens is 1. The molecule has 3 aromatic rings. The van der Waals surface area contributed by atoms with Gasteiger partial charge in [-0.05, 0) is 42.8 Å². The van der Waals surface area contributed by atoms with Crippen LogP contribution in [-0.2, 0) is 16.1 Å². The number of ether oxygens (including phenoxy) is 3. The minimum atomic E-state index is -0.832. The zero-order valence-corrected chi connectivity index (χ0v) is 21.6. The summed E-state index contributed by atoms with van der Waals surface area (Å²) in [5.41, 5.74) is 0.885. The molecular weight excluding hydrogens is 498 g/mol. The SMILES string of the molecule is CCOc1ccc(C(O)=C2C(=O)C(=O)N(CCC[n+]3cc[nH]c3)C2c2ccc(OC)c(OC)c2)cc1Cl. The van der Waals surface area contributed by atoms with Crippen molar-refractivity contribution in [1.29, 1.82) is 0 Å². The van der Waals surface area contributed by atoms with Gasteiger partial charge in [0.05, 0.1) is 44.0 Å². The molecule has 1 aromatic heterocycles. The van der Waals surface area contributed by atoms with Crippen LogP contribution in [0.1, 0.15) is 30.5 Å². The first-order valence-electron chi connectivity index (χ1n) is 11.8. The minimum Gasteiger partial charge on any atom is -0.507 e. The number of nitrogens with one attached hydrogen (secondary N) is 1. The second-order valence-corrected chi connectivity index (χ2v) is 8.80. The number of aromatic nitrogens is 2. The number of rotatable bonds is 10. The maximum absolute atomic E-state index is 13.3. The number of aromatic amines is 1. The summed E-state index contributed by atoms with van der Waals surface area (Å²) in [5.74, 6) is -0.359. The zero-order valence-electron chi connectivity index (χ0n) is 20.9. The number of hydrogen-bond acceptors (Lipinski definition) is 6. The molecule has 0 bridgehead atoms. The van der Waals surface area contributed by atoms with E-state index in [0.717, 1.165) is 0 Å². The third-order valence-corrected chi connectivity index (χ3v) is 6.48. The molecule has 37 heavy (non-hydrogen) atoms. The van der Waals surface area contributed by atoms with Crippen LogP contribution in [0.4, 0.5) is 0 Å². The minimum absolute atomic E-state index is 0.0215. The Morgan fingerprint density at radius 3 is 2.51 bits per heavy atom. The standard InChI is InChI=1S/C27H28ClN3O6/c1-4-37-20-8-7-18(14-19(20)28)25(32)23-24(17-6-9-21(35-2)22(15-17)36-3)31(27(34)26(23)33)12-5-11-30-13-10-29-16-30/h6-10,13-16,24H,4-5,11-12H2,1-3H3,(H,32,33)/p+1. The van der Waals surface area contributed by atoms with Crippen molar-refractivity contribution in [2.75, 3.05) is 27.4 Å². The zero-order chi connectivity index (χ0) is 26.5. The van der Waals surface area contributed by atoms with Gasteiger partial charge in [0.1, 0.15) is 23.9 Å². The van der Waals surface area contributed by atoms with Gasteiger partial charge >= 0.3 is 0 Å². The van der Waals surface area contributed by atoms with Crippen LogP contribution in [-0.4, -0.2) is 54.1 Å². The highest BCUT2D eigenvalue weighted by molar-refractivity contribution is 6.46. The van der Waals surface area contributed by atoms with Crippen molar-refractivity contribution in [3.8, 4) is 17.2 Å². The van der Waals surface area contributed by atoms with Gasteiger partial charge in [0, 0.05) is 18.5 Å². The number of ketones is 1. The number of methoxy groups -OCH3 is 2. The number of aryl methyl sites for hydroxylation is 1. The van der Waals surface area contributed by atoms with Crippen molar-refractivity contribution in [3.05, 3.63) is 76.8 Å². The van der Waals surface area contributed by atoms with Crippen LogP contribution in [0.15, 0.2) is 60.7 Å². The number of benzene rings is 2. The van der Waals surface area contributed by atoms with Crippen LogP contribution in [0.2, 0.25) is 5.02 Å². The summed E-state index contributed by atoms with van der Waals surface area (Å²) in [4.78, 5) is 31.0. The van der Waals surface area contributed by atoms with E-state index in [1.807, 2.05) is 24.0 Å². The van der Waals surface area contributed by atoms with Gasteiger partial charge in [-0.1, -0.05) is 17.7 Å². The molecule has 2 heterocycles. The molecule has 1 amide bonds. The van der Waals surface area contributed by atoms with Crippen LogP contribution >= 0.6 is 11.6 Å². The molecule has 4 rings (SSSR count). The number of carbonyl (C=O) groups excluding carboxylic acids is 2. The molecule has 1 atom stereocenters. The van der Waals surface area contributed by atoms with Gasteiger partial charge in [0.15, 0.2) is 11.5 Å². The first-order valence-corrected chi connectivity index (χ1v) is 12.2. The third kappa shape index (κ3) is 5.27. The van der Waals surface area contributed by atoms with E-state index in [-0.39, 0.29) is 16.4 Å². The lowest BCUT2D eigenvalue weighted by atomic mass is 9.95. The first-order chi connectivity index (χ1) is 17.9. The van der Waals surface area contributed by atoms with Crippen LogP contribution in [0.5, 0.6) is 17.2 Å². The van der Waals surface area contributed by atoms with Crippen LogP contribution in [0.3, 0.4) is 0 Å². The summed E-state index contributed by atoms with van der Waals surface area (Å²) >= 11 is 6.34. The second kappa shape index (κ2) is 11.4. The lowest BCUT2D eigenvalue weighted by Gasteiger charge is -2.25. The number of carbonyl (C=O) groups is 2. The number of H-pyrrole nitrogens is 1. The fourth-order valence-electron chi connectivity index (χ4n) is 4.44. The molecular formula is C27H29ClN3O6+. The van der Waals surface area contributed by atoms with Crippen molar-refractivity contribution >= 4 is 29.1 Å². The van der Waals surface area contributed by atoms with Crippen LogP contribution in [0.25, 0.3) is 5.76 Å². The maximum Gasteiger partial charge on any atom is 0.295 e. The number of likely N-dealkylation sites (tertiary alicyclic amines) is 1. The van der Waals surface area contributed by atoms with Crippen molar-refractivity contribution in [3.63, 3.8) is 0 Å². The highest BCUT2D eigenvalue weighted by atomic mass is 35.5. The molecule has 2 N–H and O–H groups in total. The van der Waals surface area contributed by atoms with Gasteiger partial charge in [-0.2, -0.15) is 0 Å². The molecule has 1 fully saturated rings. The van der Waals surface area contributed by atoms with E-state index in [1.165, 1.54) is 25.2 Å². The maximum atomic E-state index is 13.3. The van der Waals surface area contributed by atoms with Gasteiger partial charge in [0.2, 0.25) is 6.33 Å². The summed E-state index contributed by atoms with van der Waals surface area (Å²) in [6.45, 7) is 3.20. The number of imidazole rings is 1. The predicted molar refractivity (Wildman–Crippen MR) is 137 cm³/mol. The Kier molecular flexibility index (Phi) is 8.03. The Labute approximate surface area is 219 Å². The molecule has 0 aliphatic carbocycles. The molecule has 2 aromatic carbocycles. The highest BCUT2D eigenvalue weighted by Gasteiger charge is 2.46. The van der Waals surface area contributed by atoms with Crippen molar-refractivity contribution in [1.82, 2.24) is 9.88 Å². The van der Waals surface area contributed by atoms with Crippen LogP contribution < -0.4 is 18.8 Å². The molecule has 0 radical (unpaired) electrons. The monoisotopic (exact) mass is 526 g/mol. The predicted octanol–water partition coefficient (Wildman–Crippen LogP) is 3.88. The van der Waals surface area contributed by atoms with E-state index >= 15 is 0 Å². The van der Waals surface area contributed by atoms with Gasteiger partial charge < -0.3 is 24.2 Å². The van der Waals surface area contributed by atoms with Crippen molar-refractivity contribution in [2.24, 2.45) is 0 Å². The molecule has 1 aliphatic rings. The Morgan fingerprint density at radius 2 is 1.86 bits per heavy atom. The second-order valence-electron chi connectivity index (χ2n) is 8.39. The number of aliphatic hydroxyl groups is 1. The molecule has 1 saturated heterocycles. The van der Waals surface area contributed by atoms with Gasteiger partial charge in [0.25, 0.3) is 11.7 Å². The number of aliphatic hydroxyl groups excluding tert-OH is 1. The summed E-state index contributed by atoms with van der Waals surface area (Å²) in [6, 6.07) is 9.08. The Balaban J connectivity index is 1.78. The number of Topliss-reactive ketones (excluding diaryl/α,β-unsaturated/α-hetero) is 1. The highest BCUT2D eigenvalue weighted by Crippen LogP contribution is 2.42. The molecule has 1 aliphatic heterocycles. The van der Waals surface area contributed by atoms with Gasteiger partial charge in [-0.3, -0.25) is 14.6 Å². The first kappa shape index (κ1) is 26.1. The van der Waals surface area contributed by atoms with E-state index < -0.39 is 17.7 Å². The molecule has 0 saturated carbocycles. The van der Waals surface area contributed by atoms with Gasteiger partial charge in [-0.15, -0.1) is 0 Å². The number of nitrogens with zero attached hydrogens (tertiary/aromatic N) is 2. The summed E-state index contributed by atoms with van der Waals surface area (Å²) in [5, 5.41) is 11.6. The number of hydrogen-bond donors (Lipinski definition) is 2. The lowest BCUT2D eigenvalue weighted by Crippen LogP contribution is -2.36. The molecule has 1 unspecified atom stereocenters. The molecule has 10 heteroatoms. The van der Waals surface area contributed by atoms with E-state index in [1.54, 1.807) is 36.5 Å². The molecule has 9 nitrogen and oxygen atoms in total. The molecule has 0 spiro atoms. The number of amides is 1. The lowest BCUT2D eigenvalue weighted by molar-refractivity contribution is -0.695. The summed E-state index contributed by atoms with van der Waals surface area (Å²) < 4.78 is 18.2. The average Bonchev–Trinajstić information content (AvgIpc) is 3.51. The Hall–Kier alpha value is -3.98. The smallest absolute Gasteiger partial charge is 0.295 e. The van der Waals surface area contributed by atoms with E-state index in [9.17, 15) is 14.7 Å². The van der Waals surface area contributed by atoms with Crippen molar-refractivity contribution < 1.29 is 33.5 Å². The van der Waals surface area contributed by atoms with E-state index in [2.05, 4.69) is 4.98 Å². The normalized spacial score (nSPS) is 16.8. The fourth-order valence-corrected chi connectivity index (χ4v) is 4.67. The largest absolute Gasteiger partial charge is 0.507 e. The molecule has 194 valence electrons.